The van der Waals surface area contributed by atoms with Crippen molar-refractivity contribution in [1.29, 1.82) is 0 Å². The fourth-order valence-corrected chi connectivity index (χ4v) is 1.78. The average molecular weight is 177 g/mol. The largest absolute Gasteiger partial charge is 0.312 e. The van der Waals surface area contributed by atoms with E-state index in [1.54, 1.807) is 6.20 Å². The summed E-state index contributed by atoms with van der Waals surface area (Å²) in [6, 6.07) is 3.97. The minimum Gasteiger partial charge on any atom is -0.312 e. The van der Waals surface area contributed by atoms with Crippen LogP contribution < -0.4 is 5.73 Å². The zero-order chi connectivity index (χ0) is 9.10. The first-order valence-electron chi connectivity index (χ1n) is 4.77. The molecule has 0 radical (unpaired) electrons. The Balaban J connectivity index is 2.08. The monoisotopic (exact) mass is 177 g/mol. The molecule has 1 aliphatic rings. The van der Waals surface area contributed by atoms with Crippen LogP contribution in [0.4, 0.5) is 0 Å². The summed E-state index contributed by atoms with van der Waals surface area (Å²) in [5.41, 5.74) is 7.20. The molecule has 2 rings (SSSR count). The number of likely N-dealkylation sites (tertiary alicyclic amines) is 1. The first-order chi connectivity index (χ1) is 6.38. The van der Waals surface area contributed by atoms with E-state index in [4.69, 9.17) is 5.73 Å². The van der Waals surface area contributed by atoms with E-state index in [1.807, 2.05) is 18.3 Å². The molecule has 1 aromatic rings. The van der Waals surface area contributed by atoms with Gasteiger partial charge in [-0.1, -0.05) is 6.07 Å². The molecule has 0 spiro atoms. The molecule has 3 nitrogen and oxygen atoms in total. The van der Waals surface area contributed by atoms with E-state index in [0.717, 1.165) is 18.7 Å². The van der Waals surface area contributed by atoms with Gasteiger partial charge >= 0.3 is 0 Å². The smallest absolute Gasteiger partial charge is 0.0850 e. The lowest BCUT2D eigenvalue weighted by atomic mass is 10.2. The fraction of sp³-hybridized carbons (Fsp3) is 0.500. The van der Waals surface area contributed by atoms with Gasteiger partial charge in [0.1, 0.15) is 0 Å². The SMILES string of the molecule is NC(c1cccnc1)N1CCCC1. The Morgan fingerprint density at radius 3 is 2.77 bits per heavy atom. The second-order valence-electron chi connectivity index (χ2n) is 3.47. The van der Waals surface area contributed by atoms with E-state index in [-0.39, 0.29) is 6.17 Å². The molecule has 0 aliphatic carbocycles. The Bertz CT molecular complexity index is 254. The van der Waals surface area contributed by atoms with E-state index >= 15 is 0 Å². The minimum absolute atomic E-state index is 0.0381. The molecule has 0 saturated carbocycles. The van der Waals surface area contributed by atoms with Crippen LogP contribution in [0.1, 0.15) is 24.6 Å². The second-order valence-corrected chi connectivity index (χ2v) is 3.47. The predicted octanol–water partition coefficient (Wildman–Crippen LogP) is 1.13. The topological polar surface area (TPSA) is 42.1 Å². The van der Waals surface area contributed by atoms with Gasteiger partial charge in [0.05, 0.1) is 6.17 Å². The lowest BCUT2D eigenvalue weighted by molar-refractivity contribution is 0.251. The number of rotatable bonds is 2. The normalized spacial score (nSPS) is 20.4. The summed E-state index contributed by atoms with van der Waals surface area (Å²) < 4.78 is 0. The number of aromatic nitrogens is 1. The van der Waals surface area contributed by atoms with Gasteiger partial charge in [-0.05, 0) is 32.0 Å². The third kappa shape index (κ3) is 1.87. The molecule has 70 valence electrons. The Labute approximate surface area is 78.6 Å². The standard InChI is InChI=1S/C10H15N3/c11-10(13-6-1-2-7-13)9-4-3-5-12-8-9/h3-5,8,10H,1-2,6-7,11H2. The van der Waals surface area contributed by atoms with E-state index < -0.39 is 0 Å². The molecule has 0 aromatic carbocycles. The lowest BCUT2D eigenvalue weighted by Gasteiger charge is -2.23. The third-order valence-corrected chi connectivity index (χ3v) is 2.56. The van der Waals surface area contributed by atoms with Crippen LogP contribution in [0.25, 0.3) is 0 Å². The second kappa shape index (κ2) is 3.85. The number of hydrogen-bond donors (Lipinski definition) is 1. The van der Waals surface area contributed by atoms with Crippen molar-refractivity contribution in [2.45, 2.75) is 19.0 Å². The van der Waals surface area contributed by atoms with E-state index in [1.165, 1.54) is 12.8 Å². The van der Waals surface area contributed by atoms with Crippen molar-refractivity contribution < 1.29 is 0 Å². The first kappa shape index (κ1) is 8.66. The van der Waals surface area contributed by atoms with Gasteiger partial charge in [0, 0.05) is 18.0 Å². The molecular formula is C10H15N3. The fourth-order valence-electron chi connectivity index (χ4n) is 1.78. The summed E-state index contributed by atoms with van der Waals surface area (Å²) in [5.74, 6) is 0. The van der Waals surface area contributed by atoms with Crippen LogP contribution in [0.5, 0.6) is 0 Å². The zero-order valence-electron chi connectivity index (χ0n) is 7.69. The van der Waals surface area contributed by atoms with Gasteiger partial charge in [-0.25, -0.2) is 0 Å². The van der Waals surface area contributed by atoms with Gasteiger partial charge < -0.3 is 5.73 Å². The maximum atomic E-state index is 6.09. The van der Waals surface area contributed by atoms with Gasteiger partial charge in [0.15, 0.2) is 0 Å². The molecule has 0 bridgehead atoms. The summed E-state index contributed by atoms with van der Waals surface area (Å²) in [7, 11) is 0. The van der Waals surface area contributed by atoms with Crippen LogP contribution >= 0.6 is 0 Å². The maximum Gasteiger partial charge on any atom is 0.0850 e. The van der Waals surface area contributed by atoms with Gasteiger partial charge in [-0.2, -0.15) is 0 Å². The number of pyridine rings is 1. The van der Waals surface area contributed by atoms with Crippen molar-refractivity contribution in [2.24, 2.45) is 5.73 Å². The van der Waals surface area contributed by atoms with Crippen molar-refractivity contribution in [3.8, 4) is 0 Å². The highest BCUT2D eigenvalue weighted by atomic mass is 15.2. The van der Waals surface area contributed by atoms with Gasteiger partial charge in [-0.15, -0.1) is 0 Å². The van der Waals surface area contributed by atoms with Crippen LogP contribution in [-0.2, 0) is 0 Å². The van der Waals surface area contributed by atoms with Crippen molar-refractivity contribution in [1.82, 2.24) is 9.88 Å². The maximum absolute atomic E-state index is 6.09. The van der Waals surface area contributed by atoms with Crippen LogP contribution in [0.3, 0.4) is 0 Å². The number of hydrogen-bond acceptors (Lipinski definition) is 3. The highest BCUT2D eigenvalue weighted by molar-refractivity contribution is 5.12. The van der Waals surface area contributed by atoms with Gasteiger partial charge in [0.25, 0.3) is 0 Å². The molecule has 3 heteroatoms. The summed E-state index contributed by atoms with van der Waals surface area (Å²) in [4.78, 5) is 6.37. The van der Waals surface area contributed by atoms with E-state index in [9.17, 15) is 0 Å². The lowest BCUT2D eigenvalue weighted by Crippen LogP contribution is -2.31. The number of nitrogens with zero attached hydrogens (tertiary/aromatic N) is 2. The van der Waals surface area contributed by atoms with E-state index in [0.29, 0.717) is 0 Å². The minimum atomic E-state index is 0.0381. The molecule has 2 N–H and O–H groups in total. The molecule has 1 aromatic heterocycles. The highest BCUT2D eigenvalue weighted by Crippen LogP contribution is 2.19. The molecule has 13 heavy (non-hydrogen) atoms. The van der Waals surface area contributed by atoms with Crippen LogP contribution in [0.2, 0.25) is 0 Å². The Morgan fingerprint density at radius 1 is 1.38 bits per heavy atom. The molecule has 2 heterocycles. The van der Waals surface area contributed by atoms with Crippen molar-refractivity contribution >= 4 is 0 Å². The average Bonchev–Trinajstić information content (AvgIpc) is 2.71. The molecule has 1 fully saturated rings. The van der Waals surface area contributed by atoms with Crippen molar-refractivity contribution in [2.75, 3.05) is 13.1 Å². The Morgan fingerprint density at radius 2 is 2.15 bits per heavy atom. The molecular weight excluding hydrogens is 162 g/mol. The first-order valence-corrected chi connectivity index (χ1v) is 4.77. The summed E-state index contributed by atoms with van der Waals surface area (Å²) in [6.07, 6.45) is 6.21. The zero-order valence-corrected chi connectivity index (χ0v) is 7.69. The quantitative estimate of drug-likeness (QED) is 0.736. The van der Waals surface area contributed by atoms with Gasteiger partial charge in [0.2, 0.25) is 0 Å². The van der Waals surface area contributed by atoms with Crippen LogP contribution in [0, 0.1) is 0 Å². The number of nitrogens with two attached hydrogens (primary N) is 1. The molecule has 1 aliphatic heterocycles. The van der Waals surface area contributed by atoms with Gasteiger partial charge in [-0.3, -0.25) is 9.88 Å². The molecule has 0 amide bonds. The van der Waals surface area contributed by atoms with Crippen molar-refractivity contribution in [3.05, 3.63) is 30.1 Å². The summed E-state index contributed by atoms with van der Waals surface area (Å²) in [5, 5.41) is 0. The Kier molecular flexibility index (Phi) is 2.57. The van der Waals surface area contributed by atoms with E-state index in [2.05, 4.69) is 9.88 Å². The molecule has 1 atom stereocenters. The summed E-state index contributed by atoms with van der Waals surface area (Å²) >= 11 is 0. The Hall–Kier alpha value is -0.930. The van der Waals surface area contributed by atoms with Crippen molar-refractivity contribution in [3.63, 3.8) is 0 Å². The van der Waals surface area contributed by atoms with Crippen LogP contribution in [0.15, 0.2) is 24.5 Å². The predicted molar refractivity (Wildman–Crippen MR) is 52.0 cm³/mol. The highest BCUT2D eigenvalue weighted by Gasteiger charge is 2.19. The summed E-state index contributed by atoms with van der Waals surface area (Å²) in [6.45, 7) is 2.24. The third-order valence-electron chi connectivity index (χ3n) is 2.56. The molecule has 1 unspecified atom stereocenters. The molecule has 1 saturated heterocycles. The van der Waals surface area contributed by atoms with Crippen LogP contribution in [-0.4, -0.2) is 23.0 Å².